The van der Waals surface area contributed by atoms with Crippen molar-refractivity contribution >= 4 is 39.9 Å². The van der Waals surface area contributed by atoms with Crippen LogP contribution in [0.4, 0.5) is 10.7 Å². The minimum atomic E-state index is -0.919. The molecule has 0 aliphatic heterocycles. The molecular formula is C18H18N2O9S. The zero-order valence-electron chi connectivity index (χ0n) is 16.3. The molecule has 0 unspecified atom stereocenters. The number of nitrogens with two attached hydrogens (primary N) is 1. The molecule has 12 heteroatoms. The maximum Gasteiger partial charge on any atom is 0.348 e. The van der Waals surface area contributed by atoms with E-state index in [-0.39, 0.29) is 38.9 Å². The van der Waals surface area contributed by atoms with Gasteiger partial charge in [0.05, 0.1) is 31.3 Å². The fourth-order valence-corrected chi connectivity index (χ4v) is 3.47. The second-order valence-electron chi connectivity index (χ2n) is 5.58. The molecule has 11 nitrogen and oxygen atoms in total. The highest BCUT2D eigenvalue weighted by Crippen LogP contribution is 2.33. The zero-order valence-corrected chi connectivity index (χ0v) is 17.1. The number of hydrogen-bond acceptors (Lipinski definition) is 11. The lowest BCUT2D eigenvalue weighted by molar-refractivity contribution is -0.385. The summed E-state index contributed by atoms with van der Waals surface area (Å²) in [4.78, 5) is 47.0. The van der Waals surface area contributed by atoms with Crippen molar-refractivity contribution in [2.75, 3.05) is 26.6 Å². The van der Waals surface area contributed by atoms with Gasteiger partial charge in [-0.2, -0.15) is 0 Å². The van der Waals surface area contributed by atoms with Crippen molar-refractivity contribution in [2.24, 2.45) is 0 Å². The summed E-state index contributed by atoms with van der Waals surface area (Å²) in [5.74, 6) is -2.51. The molecule has 160 valence electrons. The Kier molecular flexibility index (Phi) is 7.31. The summed E-state index contributed by atoms with van der Waals surface area (Å²) in [6, 6.07) is 3.59. The van der Waals surface area contributed by atoms with Crippen molar-refractivity contribution in [1.82, 2.24) is 0 Å². The summed E-state index contributed by atoms with van der Waals surface area (Å²) in [5, 5.41) is 11.2. The topological polar surface area (TPSA) is 157 Å². The standard InChI is InChI=1S/C18H18N2O9S/c1-4-28-12-6-5-9(7-11(12)20(24)25)16(21)29-8-10-13(17(22)26-2)15(19)30-14(10)18(23)27-3/h5-7H,4,8,19H2,1-3H3. The summed E-state index contributed by atoms with van der Waals surface area (Å²) >= 11 is 0.784. The van der Waals surface area contributed by atoms with E-state index in [9.17, 15) is 24.5 Å². The Balaban J connectivity index is 2.34. The maximum absolute atomic E-state index is 12.4. The summed E-state index contributed by atoms with van der Waals surface area (Å²) in [6.45, 7) is 1.36. The van der Waals surface area contributed by atoms with Gasteiger partial charge in [0, 0.05) is 11.6 Å². The van der Waals surface area contributed by atoms with Crippen molar-refractivity contribution in [3.8, 4) is 5.75 Å². The number of nitro benzene ring substituents is 1. The van der Waals surface area contributed by atoms with Gasteiger partial charge in [-0.05, 0) is 19.1 Å². The molecule has 0 fully saturated rings. The average molecular weight is 438 g/mol. The first-order chi connectivity index (χ1) is 14.2. The number of carbonyl (C=O) groups excluding carboxylic acids is 3. The minimum absolute atomic E-state index is 0.00520. The van der Waals surface area contributed by atoms with Crippen molar-refractivity contribution in [3.05, 3.63) is 49.9 Å². The molecule has 0 atom stereocenters. The number of nitrogens with zero attached hydrogens (tertiary/aromatic N) is 1. The van der Waals surface area contributed by atoms with E-state index in [4.69, 9.17) is 15.2 Å². The van der Waals surface area contributed by atoms with E-state index in [2.05, 4.69) is 9.47 Å². The summed E-state index contributed by atoms with van der Waals surface area (Å²) in [5.41, 5.74) is 5.18. The molecule has 0 saturated carbocycles. The Morgan fingerprint density at radius 3 is 2.37 bits per heavy atom. The molecule has 1 aromatic carbocycles. The van der Waals surface area contributed by atoms with Crippen molar-refractivity contribution < 1.29 is 38.3 Å². The number of hydrogen-bond donors (Lipinski definition) is 1. The van der Waals surface area contributed by atoms with E-state index in [0.717, 1.165) is 31.6 Å². The van der Waals surface area contributed by atoms with Gasteiger partial charge in [-0.15, -0.1) is 11.3 Å². The van der Waals surface area contributed by atoms with Gasteiger partial charge < -0.3 is 24.7 Å². The van der Waals surface area contributed by atoms with Gasteiger partial charge in [0.1, 0.15) is 22.0 Å². The lowest BCUT2D eigenvalue weighted by Gasteiger charge is -2.09. The first kappa shape index (κ1) is 22.6. The van der Waals surface area contributed by atoms with Crippen LogP contribution in [0.5, 0.6) is 5.75 Å². The first-order valence-corrected chi connectivity index (χ1v) is 9.22. The summed E-state index contributed by atoms with van der Waals surface area (Å²) < 4.78 is 19.7. The number of methoxy groups -OCH3 is 2. The van der Waals surface area contributed by atoms with Gasteiger partial charge in [0.15, 0.2) is 5.75 Å². The third kappa shape index (κ3) is 4.66. The lowest BCUT2D eigenvalue weighted by Crippen LogP contribution is -2.13. The number of anilines is 1. The van der Waals surface area contributed by atoms with Gasteiger partial charge in [0.25, 0.3) is 0 Å². The number of nitro groups is 1. The van der Waals surface area contributed by atoms with Crippen LogP contribution < -0.4 is 10.5 Å². The monoisotopic (exact) mass is 438 g/mol. The van der Waals surface area contributed by atoms with Gasteiger partial charge in [-0.3, -0.25) is 10.1 Å². The van der Waals surface area contributed by atoms with Gasteiger partial charge in [-0.1, -0.05) is 0 Å². The van der Waals surface area contributed by atoms with Crippen LogP contribution in [0.3, 0.4) is 0 Å². The Bertz CT molecular complexity index is 1000. The van der Waals surface area contributed by atoms with Gasteiger partial charge >= 0.3 is 23.6 Å². The number of carbonyl (C=O) groups is 3. The largest absolute Gasteiger partial charge is 0.487 e. The average Bonchev–Trinajstić information content (AvgIpc) is 3.07. The molecule has 30 heavy (non-hydrogen) atoms. The molecule has 0 aliphatic carbocycles. The number of esters is 3. The SMILES string of the molecule is CCOc1ccc(C(=O)OCc2c(C(=O)OC)sc(N)c2C(=O)OC)cc1[N+](=O)[O-]. The molecular weight excluding hydrogens is 420 g/mol. The molecule has 2 aromatic rings. The van der Waals surface area contributed by atoms with Crippen LogP contribution in [-0.4, -0.2) is 43.7 Å². The highest BCUT2D eigenvalue weighted by atomic mass is 32.1. The van der Waals surface area contributed by atoms with E-state index in [1.54, 1.807) is 6.92 Å². The predicted molar refractivity (Wildman–Crippen MR) is 105 cm³/mol. The van der Waals surface area contributed by atoms with Crippen LogP contribution >= 0.6 is 11.3 Å². The van der Waals surface area contributed by atoms with E-state index in [1.165, 1.54) is 12.1 Å². The van der Waals surface area contributed by atoms with Crippen molar-refractivity contribution in [1.29, 1.82) is 0 Å². The molecule has 0 radical (unpaired) electrons. The van der Waals surface area contributed by atoms with Crippen molar-refractivity contribution in [2.45, 2.75) is 13.5 Å². The zero-order chi connectivity index (χ0) is 22.4. The van der Waals surface area contributed by atoms with Crippen LogP contribution in [0, 0.1) is 10.1 Å². The highest BCUT2D eigenvalue weighted by Gasteiger charge is 2.28. The summed E-state index contributed by atoms with van der Waals surface area (Å²) in [6.07, 6.45) is 0. The number of nitrogen functional groups attached to an aromatic ring is 1. The number of thiophene rings is 1. The first-order valence-electron chi connectivity index (χ1n) is 8.41. The van der Waals surface area contributed by atoms with Gasteiger partial charge in [0.2, 0.25) is 0 Å². The van der Waals surface area contributed by atoms with E-state index >= 15 is 0 Å². The molecule has 0 amide bonds. The van der Waals surface area contributed by atoms with Crippen LogP contribution in [0.15, 0.2) is 18.2 Å². The quantitative estimate of drug-likeness (QED) is 0.281. The molecule has 0 spiro atoms. The van der Waals surface area contributed by atoms with E-state index in [1.807, 2.05) is 0 Å². The highest BCUT2D eigenvalue weighted by molar-refractivity contribution is 7.18. The van der Waals surface area contributed by atoms with E-state index < -0.39 is 35.1 Å². The second-order valence-corrected chi connectivity index (χ2v) is 6.63. The van der Waals surface area contributed by atoms with Crippen molar-refractivity contribution in [3.63, 3.8) is 0 Å². The second kappa shape index (κ2) is 9.69. The van der Waals surface area contributed by atoms with Gasteiger partial charge in [-0.25, -0.2) is 14.4 Å². The fourth-order valence-electron chi connectivity index (χ4n) is 2.49. The lowest BCUT2D eigenvalue weighted by atomic mass is 10.1. The number of ether oxygens (including phenoxy) is 4. The third-order valence-electron chi connectivity index (χ3n) is 3.83. The van der Waals surface area contributed by atoms with Crippen LogP contribution in [-0.2, 0) is 20.8 Å². The van der Waals surface area contributed by atoms with E-state index in [0.29, 0.717) is 0 Å². The summed E-state index contributed by atoms with van der Waals surface area (Å²) in [7, 11) is 2.27. The van der Waals surface area contributed by atoms with Crippen LogP contribution in [0.1, 0.15) is 42.9 Å². The molecule has 1 aromatic heterocycles. The maximum atomic E-state index is 12.4. The number of benzene rings is 1. The smallest absolute Gasteiger partial charge is 0.348 e. The molecule has 2 rings (SSSR count). The molecule has 0 bridgehead atoms. The Morgan fingerprint density at radius 2 is 1.80 bits per heavy atom. The molecule has 0 saturated heterocycles. The molecule has 1 heterocycles. The Morgan fingerprint density at radius 1 is 1.13 bits per heavy atom. The minimum Gasteiger partial charge on any atom is -0.487 e. The van der Waals surface area contributed by atoms with Crippen LogP contribution in [0.2, 0.25) is 0 Å². The normalized spacial score (nSPS) is 10.2. The fraction of sp³-hybridized carbons (Fsp3) is 0.278. The Labute approximate surface area is 174 Å². The predicted octanol–water partition coefficient (Wildman–Crippen LogP) is 2.57. The third-order valence-corrected chi connectivity index (χ3v) is 4.87. The molecule has 0 aliphatic rings. The number of rotatable bonds is 8. The molecule has 2 N–H and O–H groups in total. The van der Waals surface area contributed by atoms with Crippen LogP contribution in [0.25, 0.3) is 0 Å². The Hall–Kier alpha value is -3.67.